The van der Waals surface area contributed by atoms with Gasteiger partial charge in [-0.15, -0.1) is 5.10 Å². The normalized spacial score (nSPS) is 12.5. The van der Waals surface area contributed by atoms with E-state index in [2.05, 4.69) is 26.0 Å². The summed E-state index contributed by atoms with van der Waals surface area (Å²) < 4.78 is 2.77. The summed E-state index contributed by atoms with van der Waals surface area (Å²) in [7, 11) is 0. The number of benzene rings is 3. The Bertz CT molecular complexity index is 1420. The van der Waals surface area contributed by atoms with Crippen molar-refractivity contribution in [2.24, 2.45) is 0 Å². The summed E-state index contributed by atoms with van der Waals surface area (Å²) in [6.07, 6.45) is 1.82. The van der Waals surface area contributed by atoms with Gasteiger partial charge in [0.15, 0.2) is 11.4 Å². The van der Waals surface area contributed by atoms with Crippen LogP contribution in [0.15, 0.2) is 94.2 Å². The maximum atomic E-state index is 13.0. The van der Waals surface area contributed by atoms with Gasteiger partial charge in [-0.3, -0.25) is 4.79 Å². The zero-order valence-electron chi connectivity index (χ0n) is 16.1. The summed E-state index contributed by atoms with van der Waals surface area (Å²) in [5.74, 6) is 0.170. The van der Waals surface area contributed by atoms with Crippen molar-refractivity contribution in [2.75, 3.05) is 0 Å². The van der Waals surface area contributed by atoms with Crippen molar-refractivity contribution >= 4 is 38.3 Å². The smallest absolute Gasteiger partial charge is 0.291 e. The fourth-order valence-corrected chi connectivity index (χ4v) is 4.65. The lowest BCUT2D eigenvalue weighted by Crippen LogP contribution is -2.31. The quantitative estimate of drug-likeness (QED) is 0.417. The Morgan fingerprint density at radius 3 is 2.03 bits per heavy atom. The van der Waals surface area contributed by atoms with Crippen LogP contribution in [0, 0.1) is 0 Å². The molecule has 0 radical (unpaired) electrons. The molecule has 31 heavy (non-hydrogen) atoms. The van der Waals surface area contributed by atoms with Crippen molar-refractivity contribution in [3.63, 3.8) is 0 Å². The number of fused-ring (bicyclic) bond motifs is 1. The van der Waals surface area contributed by atoms with Gasteiger partial charge in [-0.2, -0.15) is 9.50 Å². The van der Waals surface area contributed by atoms with E-state index < -0.39 is 5.60 Å². The Morgan fingerprint density at radius 2 is 1.48 bits per heavy atom. The summed E-state index contributed by atoms with van der Waals surface area (Å²) in [6, 6.07) is 26.2. The van der Waals surface area contributed by atoms with Crippen molar-refractivity contribution in [3.8, 4) is 0 Å². The van der Waals surface area contributed by atoms with Crippen LogP contribution in [-0.4, -0.2) is 19.7 Å². The number of hydrogen-bond donors (Lipinski definition) is 1. The minimum atomic E-state index is -1.57. The maximum Gasteiger partial charge on any atom is 0.291 e. The van der Waals surface area contributed by atoms with Crippen LogP contribution < -0.4 is 10.1 Å². The highest BCUT2D eigenvalue weighted by atomic mass is 79.9. The van der Waals surface area contributed by atoms with Gasteiger partial charge in [-0.25, -0.2) is 0 Å². The fraction of sp³-hybridized carbons (Fsp3) is 0.0417. The van der Waals surface area contributed by atoms with Gasteiger partial charge in [-0.1, -0.05) is 100 Å². The first-order valence-electron chi connectivity index (χ1n) is 9.56. The molecule has 0 spiro atoms. The second kappa shape index (κ2) is 7.85. The maximum absolute atomic E-state index is 13.0. The van der Waals surface area contributed by atoms with Crippen LogP contribution >= 0.6 is 27.3 Å². The first-order valence-corrected chi connectivity index (χ1v) is 11.2. The molecule has 2 aromatic heterocycles. The Hall–Kier alpha value is -3.13. The third-order valence-corrected chi connectivity index (χ3v) is 6.54. The van der Waals surface area contributed by atoms with Gasteiger partial charge in [0.25, 0.3) is 5.56 Å². The molecule has 0 saturated heterocycles. The van der Waals surface area contributed by atoms with E-state index in [1.165, 1.54) is 15.9 Å². The van der Waals surface area contributed by atoms with Crippen LogP contribution in [0.1, 0.15) is 22.5 Å². The summed E-state index contributed by atoms with van der Waals surface area (Å²) in [6.45, 7) is 0. The van der Waals surface area contributed by atoms with Crippen molar-refractivity contribution in [2.45, 2.75) is 5.60 Å². The van der Waals surface area contributed by atoms with Crippen LogP contribution in [0.3, 0.4) is 0 Å². The SMILES string of the molecule is O=c1/c(=C\c2ccc(Br)cc2)sc2nc(C(O)(c3ccccc3)c3ccccc3)nn12. The highest BCUT2D eigenvalue weighted by molar-refractivity contribution is 9.10. The Balaban J connectivity index is 1.67. The first-order chi connectivity index (χ1) is 15.1. The molecule has 1 N–H and O–H groups in total. The van der Waals surface area contributed by atoms with Crippen LogP contribution in [0.2, 0.25) is 0 Å². The predicted molar refractivity (Wildman–Crippen MR) is 125 cm³/mol. The molecule has 7 heteroatoms. The number of hydrogen-bond acceptors (Lipinski definition) is 5. The largest absolute Gasteiger partial charge is 0.373 e. The number of halogens is 1. The minimum absolute atomic E-state index is 0.170. The first kappa shape index (κ1) is 19.8. The molecule has 5 aromatic rings. The number of aromatic nitrogens is 3. The van der Waals surface area contributed by atoms with Crippen molar-refractivity contribution < 1.29 is 5.11 Å². The molecule has 5 nitrogen and oxygen atoms in total. The van der Waals surface area contributed by atoms with E-state index in [9.17, 15) is 9.90 Å². The van der Waals surface area contributed by atoms with Crippen molar-refractivity contribution in [1.29, 1.82) is 0 Å². The predicted octanol–water partition coefficient (Wildman–Crippen LogP) is 3.75. The lowest BCUT2D eigenvalue weighted by molar-refractivity contribution is 0.116. The van der Waals surface area contributed by atoms with E-state index in [0.717, 1.165) is 10.0 Å². The molecule has 0 atom stereocenters. The van der Waals surface area contributed by atoms with Gasteiger partial charge in [-0.05, 0) is 34.9 Å². The molecule has 5 rings (SSSR count). The van der Waals surface area contributed by atoms with Crippen LogP contribution in [0.5, 0.6) is 0 Å². The van der Waals surface area contributed by atoms with Gasteiger partial charge >= 0.3 is 0 Å². The Kier molecular flexibility index (Phi) is 5.02. The highest BCUT2D eigenvalue weighted by Gasteiger charge is 2.38. The van der Waals surface area contributed by atoms with Gasteiger partial charge in [0.05, 0.1) is 4.53 Å². The summed E-state index contributed by atoms with van der Waals surface area (Å²) in [5, 5.41) is 16.3. The molecular formula is C24H16BrN3O2S. The second-order valence-electron chi connectivity index (χ2n) is 7.04. The van der Waals surface area contributed by atoms with E-state index in [4.69, 9.17) is 0 Å². The van der Waals surface area contributed by atoms with Gasteiger partial charge < -0.3 is 5.11 Å². The molecule has 0 aliphatic heterocycles. The molecular weight excluding hydrogens is 474 g/mol. The zero-order chi connectivity index (χ0) is 21.4. The fourth-order valence-electron chi connectivity index (χ4n) is 3.48. The molecule has 0 bridgehead atoms. The molecule has 3 aromatic carbocycles. The van der Waals surface area contributed by atoms with Gasteiger partial charge in [0, 0.05) is 4.47 Å². The summed E-state index contributed by atoms with van der Waals surface area (Å²) in [5.41, 5.74) is 0.346. The zero-order valence-corrected chi connectivity index (χ0v) is 18.5. The van der Waals surface area contributed by atoms with Gasteiger partial charge in [0.2, 0.25) is 4.96 Å². The van der Waals surface area contributed by atoms with Crippen molar-refractivity contribution in [1.82, 2.24) is 14.6 Å². The van der Waals surface area contributed by atoms with E-state index in [1.807, 2.05) is 91.0 Å². The molecule has 152 valence electrons. The Morgan fingerprint density at radius 1 is 0.903 bits per heavy atom. The van der Waals surface area contributed by atoms with E-state index in [0.29, 0.717) is 20.6 Å². The molecule has 0 saturated carbocycles. The number of rotatable bonds is 4. The third-order valence-electron chi connectivity index (χ3n) is 5.06. The molecule has 0 aliphatic rings. The standard InChI is InChI=1S/C24H16BrN3O2S/c25-19-13-11-16(12-14-19)15-20-21(29)28-23(31-20)26-22(27-28)24(30,17-7-3-1-4-8-17)18-9-5-2-6-10-18/h1-15,30H/b20-15+. The lowest BCUT2D eigenvalue weighted by atomic mass is 9.86. The highest BCUT2D eigenvalue weighted by Crippen LogP contribution is 2.34. The van der Waals surface area contributed by atoms with Crippen LogP contribution in [0.25, 0.3) is 11.0 Å². The number of aliphatic hydroxyl groups is 1. The number of thiazole rings is 1. The van der Waals surface area contributed by atoms with Crippen molar-refractivity contribution in [3.05, 3.63) is 127 Å². The molecule has 0 unspecified atom stereocenters. The van der Waals surface area contributed by atoms with Crippen LogP contribution in [0.4, 0.5) is 0 Å². The second-order valence-corrected chi connectivity index (χ2v) is 8.96. The molecule has 0 fully saturated rings. The Labute approximate surface area is 190 Å². The molecule has 0 amide bonds. The molecule has 0 aliphatic carbocycles. The topological polar surface area (TPSA) is 67.5 Å². The number of nitrogens with zero attached hydrogens (tertiary/aromatic N) is 3. The minimum Gasteiger partial charge on any atom is -0.373 e. The third kappa shape index (κ3) is 3.50. The summed E-state index contributed by atoms with van der Waals surface area (Å²) in [4.78, 5) is 18.0. The summed E-state index contributed by atoms with van der Waals surface area (Å²) >= 11 is 4.66. The molecule has 2 heterocycles. The van der Waals surface area contributed by atoms with Crippen LogP contribution in [-0.2, 0) is 5.60 Å². The van der Waals surface area contributed by atoms with E-state index in [1.54, 1.807) is 0 Å². The monoisotopic (exact) mass is 489 g/mol. The average molecular weight is 490 g/mol. The average Bonchev–Trinajstić information content (AvgIpc) is 3.36. The lowest BCUT2D eigenvalue weighted by Gasteiger charge is -2.26. The van der Waals surface area contributed by atoms with E-state index >= 15 is 0 Å². The van der Waals surface area contributed by atoms with E-state index in [-0.39, 0.29) is 11.4 Å². The van der Waals surface area contributed by atoms with Gasteiger partial charge in [0.1, 0.15) is 0 Å².